The van der Waals surface area contributed by atoms with Crippen molar-refractivity contribution in [2.75, 3.05) is 33.3 Å². The predicted octanol–water partition coefficient (Wildman–Crippen LogP) is -0.469. The Hall–Kier alpha value is -0.610. The topological polar surface area (TPSA) is 43.8 Å². The van der Waals surface area contributed by atoms with Crippen molar-refractivity contribution in [3.05, 3.63) is 0 Å². The SMILES string of the molecule is CN(C(=O)CN1CC(CO)C1)C1CC1. The van der Waals surface area contributed by atoms with Gasteiger partial charge in [0.2, 0.25) is 5.91 Å². The maximum atomic E-state index is 11.6. The third kappa shape index (κ3) is 2.07. The Balaban J connectivity index is 1.68. The molecule has 1 amide bonds. The van der Waals surface area contributed by atoms with Crippen LogP contribution < -0.4 is 0 Å². The molecule has 0 radical (unpaired) electrons. The normalized spacial score (nSPS) is 23.3. The molecule has 0 aromatic rings. The van der Waals surface area contributed by atoms with Crippen LogP contribution in [0.3, 0.4) is 0 Å². The van der Waals surface area contributed by atoms with Gasteiger partial charge in [-0.3, -0.25) is 9.69 Å². The van der Waals surface area contributed by atoms with Gasteiger partial charge in [0.25, 0.3) is 0 Å². The Morgan fingerprint density at radius 1 is 1.50 bits per heavy atom. The van der Waals surface area contributed by atoms with E-state index in [1.807, 2.05) is 11.9 Å². The Labute approximate surface area is 84.5 Å². The second-order valence-corrected chi connectivity index (χ2v) is 4.48. The molecule has 0 bridgehead atoms. The van der Waals surface area contributed by atoms with Crippen LogP contribution in [0.5, 0.6) is 0 Å². The van der Waals surface area contributed by atoms with E-state index in [1.54, 1.807) is 0 Å². The van der Waals surface area contributed by atoms with Gasteiger partial charge in [-0.1, -0.05) is 0 Å². The maximum absolute atomic E-state index is 11.6. The molecule has 0 aromatic heterocycles. The standard InChI is InChI=1S/C10H18N2O2/c1-11(9-2-3-9)10(14)6-12-4-8(5-12)7-13/h8-9,13H,2-7H2,1H3. The summed E-state index contributed by atoms with van der Waals surface area (Å²) in [6.45, 7) is 2.54. The van der Waals surface area contributed by atoms with Crippen LogP contribution in [0.2, 0.25) is 0 Å². The van der Waals surface area contributed by atoms with E-state index < -0.39 is 0 Å². The molecule has 0 atom stereocenters. The Morgan fingerprint density at radius 3 is 2.64 bits per heavy atom. The highest BCUT2D eigenvalue weighted by Crippen LogP contribution is 2.25. The zero-order valence-corrected chi connectivity index (χ0v) is 8.65. The van der Waals surface area contributed by atoms with Crippen LogP contribution >= 0.6 is 0 Å². The van der Waals surface area contributed by atoms with Crippen molar-refractivity contribution in [3.8, 4) is 0 Å². The lowest BCUT2D eigenvalue weighted by molar-refractivity contribution is -0.133. The molecule has 1 heterocycles. The number of nitrogens with zero attached hydrogens (tertiary/aromatic N) is 2. The van der Waals surface area contributed by atoms with Crippen molar-refractivity contribution < 1.29 is 9.90 Å². The van der Waals surface area contributed by atoms with E-state index in [1.165, 1.54) is 12.8 Å². The number of aliphatic hydroxyl groups is 1. The third-order valence-electron chi connectivity index (χ3n) is 3.14. The van der Waals surface area contributed by atoms with Crippen molar-refractivity contribution in [1.29, 1.82) is 0 Å². The maximum Gasteiger partial charge on any atom is 0.236 e. The molecule has 2 fully saturated rings. The average Bonchev–Trinajstić information content (AvgIpc) is 2.91. The van der Waals surface area contributed by atoms with Gasteiger partial charge in [-0.2, -0.15) is 0 Å². The molecule has 1 N–H and O–H groups in total. The molecule has 80 valence electrons. The summed E-state index contributed by atoms with van der Waals surface area (Å²) in [6, 6.07) is 0.511. The molecule has 0 spiro atoms. The average molecular weight is 198 g/mol. The zero-order valence-electron chi connectivity index (χ0n) is 8.65. The monoisotopic (exact) mass is 198 g/mol. The summed E-state index contributed by atoms with van der Waals surface area (Å²) < 4.78 is 0. The zero-order chi connectivity index (χ0) is 10.1. The van der Waals surface area contributed by atoms with Crippen molar-refractivity contribution in [3.63, 3.8) is 0 Å². The summed E-state index contributed by atoms with van der Waals surface area (Å²) >= 11 is 0. The summed E-state index contributed by atoms with van der Waals surface area (Å²) in [5.74, 6) is 0.623. The van der Waals surface area contributed by atoms with Gasteiger partial charge in [-0.15, -0.1) is 0 Å². The molecule has 0 unspecified atom stereocenters. The van der Waals surface area contributed by atoms with Crippen LogP contribution in [0.15, 0.2) is 0 Å². The van der Waals surface area contributed by atoms with E-state index in [-0.39, 0.29) is 12.5 Å². The highest BCUT2D eigenvalue weighted by atomic mass is 16.3. The van der Waals surface area contributed by atoms with E-state index in [9.17, 15) is 4.79 Å². The number of hydrogen-bond acceptors (Lipinski definition) is 3. The highest BCUT2D eigenvalue weighted by molar-refractivity contribution is 5.78. The van der Waals surface area contributed by atoms with Gasteiger partial charge in [0.05, 0.1) is 6.54 Å². The second kappa shape index (κ2) is 3.87. The fraction of sp³-hybridized carbons (Fsp3) is 0.900. The van der Waals surface area contributed by atoms with Gasteiger partial charge in [0.15, 0.2) is 0 Å². The van der Waals surface area contributed by atoms with Crippen molar-refractivity contribution >= 4 is 5.91 Å². The lowest BCUT2D eigenvalue weighted by atomic mass is 10.0. The van der Waals surface area contributed by atoms with Gasteiger partial charge >= 0.3 is 0 Å². The van der Waals surface area contributed by atoms with Gasteiger partial charge in [-0.05, 0) is 12.8 Å². The molecule has 4 heteroatoms. The molecule has 4 nitrogen and oxygen atoms in total. The van der Waals surface area contributed by atoms with E-state index >= 15 is 0 Å². The molecule has 1 aliphatic heterocycles. The minimum atomic E-state index is 0.226. The van der Waals surface area contributed by atoms with Crippen LogP contribution in [0.1, 0.15) is 12.8 Å². The summed E-state index contributed by atoms with van der Waals surface area (Å²) in [5.41, 5.74) is 0. The van der Waals surface area contributed by atoms with Gasteiger partial charge in [-0.25, -0.2) is 0 Å². The van der Waals surface area contributed by atoms with Crippen molar-refractivity contribution in [2.45, 2.75) is 18.9 Å². The lowest BCUT2D eigenvalue weighted by Crippen LogP contribution is -2.52. The Morgan fingerprint density at radius 2 is 2.14 bits per heavy atom. The summed E-state index contributed by atoms with van der Waals surface area (Å²) in [4.78, 5) is 15.6. The van der Waals surface area contributed by atoms with Crippen LogP contribution in [-0.2, 0) is 4.79 Å². The minimum Gasteiger partial charge on any atom is -0.396 e. The molecule has 1 aliphatic carbocycles. The van der Waals surface area contributed by atoms with E-state index in [2.05, 4.69) is 4.90 Å². The van der Waals surface area contributed by atoms with Crippen LogP contribution in [0.4, 0.5) is 0 Å². The smallest absolute Gasteiger partial charge is 0.236 e. The van der Waals surface area contributed by atoms with Crippen molar-refractivity contribution in [2.24, 2.45) is 5.92 Å². The summed E-state index contributed by atoms with van der Waals surface area (Å²) in [6.07, 6.45) is 2.34. The molecule has 2 aliphatic rings. The molecule has 14 heavy (non-hydrogen) atoms. The number of carbonyl (C=O) groups excluding carboxylic acids is 1. The first-order valence-electron chi connectivity index (χ1n) is 5.29. The number of likely N-dealkylation sites (tertiary alicyclic amines) is 1. The first-order chi connectivity index (χ1) is 6.70. The van der Waals surface area contributed by atoms with Gasteiger partial charge in [0.1, 0.15) is 0 Å². The fourth-order valence-electron chi connectivity index (χ4n) is 1.89. The molecular formula is C10H18N2O2. The largest absolute Gasteiger partial charge is 0.396 e. The number of carbonyl (C=O) groups is 1. The van der Waals surface area contributed by atoms with Gasteiger partial charge in [0, 0.05) is 38.7 Å². The van der Waals surface area contributed by atoms with E-state index in [0.717, 1.165) is 13.1 Å². The second-order valence-electron chi connectivity index (χ2n) is 4.48. The number of rotatable bonds is 4. The number of aliphatic hydroxyl groups excluding tert-OH is 1. The van der Waals surface area contributed by atoms with Crippen LogP contribution in [0.25, 0.3) is 0 Å². The van der Waals surface area contributed by atoms with Gasteiger partial charge < -0.3 is 10.0 Å². The third-order valence-corrected chi connectivity index (χ3v) is 3.14. The van der Waals surface area contributed by atoms with E-state index in [4.69, 9.17) is 5.11 Å². The number of hydrogen-bond donors (Lipinski definition) is 1. The lowest BCUT2D eigenvalue weighted by Gasteiger charge is -2.38. The summed E-state index contributed by atoms with van der Waals surface area (Å²) in [5, 5.41) is 8.82. The van der Waals surface area contributed by atoms with Crippen LogP contribution in [0, 0.1) is 5.92 Å². The first kappa shape index (κ1) is 9.93. The number of amides is 1. The Kier molecular flexibility index (Phi) is 2.74. The van der Waals surface area contributed by atoms with Crippen LogP contribution in [-0.4, -0.2) is 60.1 Å². The van der Waals surface area contributed by atoms with Crippen molar-refractivity contribution in [1.82, 2.24) is 9.80 Å². The first-order valence-corrected chi connectivity index (χ1v) is 5.29. The fourth-order valence-corrected chi connectivity index (χ4v) is 1.89. The summed E-state index contributed by atoms with van der Waals surface area (Å²) in [7, 11) is 1.89. The number of likely N-dealkylation sites (N-methyl/N-ethyl adjacent to an activating group) is 1. The predicted molar refractivity (Wildman–Crippen MR) is 52.8 cm³/mol. The molecular weight excluding hydrogens is 180 g/mol. The quantitative estimate of drug-likeness (QED) is 0.664. The van der Waals surface area contributed by atoms with E-state index in [0.29, 0.717) is 18.5 Å². The Bertz CT molecular complexity index is 222. The minimum absolute atomic E-state index is 0.226. The molecule has 2 rings (SSSR count). The molecule has 1 saturated heterocycles. The molecule has 0 aromatic carbocycles. The highest BCUT2D eigenvalue weighted by Gasteiger charge is 2.33. The molecule has 1 saturated carbocycles.